The number of ether oxygens (including phenoxy) is 2. The third-order valence-electron chi connectivity index (χ3n) is 4.43. The van der Waals surface area contributed by atoms with E-state index >= 15 is 0 Å². The third-order valence-corrected chi connectivity index (χ3v) is 4.43. The van der Waals surface area contributed by atoms with Crippen molar-refractivity contribution in [3.63, 3.8) is 0 Å². The van der Waals surface area contributed by atoms with Crippen molar-refractivity contribution in [3.05, 3.63) is 66.2 Å². The van der Waals surface area contributed by atoms with E-state index < -0.39 is 0 Å². The number of carbonyl (C=O) groups is 1. The maximum atomic E-state index is 12.4. The number of fused-ring (bicyclic) bond motifs is 2. The van der Waals surface area contributed by atoms with Crippen molar-refractivity contribution in [2.75, 3.05) is 12.1 Å². The zero-order chi connectivity index (χ0) is 17.9. The van der Waals surface area contributed by atoms with Gasteiger partial charge in [-0.3, -0.25) is 4.79 Å². The molecule has 0 fully saturated rings. The number of hydrogen-bond donors (Lipinski definition) is 2. The lowest BCUT2D eigenvalue weighted by Gasteiger charge is -2.16. The predicted molar refractivity (Wildman–Crippen MR) is 101 cm³/mol. The first kappa shape index (κ1) is 16.3. The first-order chi connectivity index (χ1) is 12.7. The van der Waals surface area contributed by atoms with E-state index in [-0.39, 0.29) is 18.7 Å². The molecule has 0 aliphatic carbocycles. The highest BCUT2D eigenvalue weighted by molar-refractivity contribution is 5.88. The van der Waals surface area contributed by atoms with Gasteiger partial charge in [0.05, 0.1) is 0 Å². The van der Waals surface area contributed by atoms with Gasteiger partial charge in [0.1, 0.15) is 6.04 Å². The number of carbonyl (C=O) groups excluding carboxylic acids is 1. The molecule has 5 nitrogen and oxygen atoms in total. The Balaban J connectivity index is 1.36. The molecule has 0 bridgehead atoms. The van der Waals surface area contributed by atoms with E-state index in [4.69, 9.17) is 9.47 Å². The van der Waals surface area contributed by atoms with Gasteiger partial charge in [0, 0.05) is 12.2 Å². The highest BCUT2D eigenvalue weighted by Gasteiger charge is 2.15. The number of nitrogens with one attached hydrogen (secondary N) is 2. The van der Waals surface area contributed by atoms with Crippen LogP contribution in [0.4, 0.5) is 5.69 Å². The molecule has 1 atom stereocenters. The zero-order valence-electron chi connectivity index (χ0n) is 14.5. The van der Waals surface area contributed by atoms with Crippen LogP contribution in [0.25, 0.3) is 10.8 Å². The normalized spacial score (nSPS) is 13.4. The van der Waals surface area contributed by atoms with Gasteiger partial charge in [0.15, 0.2) is 11.5 Å². The van der Waals surface area contributed by atoms with E-state index in [1.807, 2.05) is 43.3 Å². The van der Waals surface area contributed by atoms with Crippen molar-refractivity contribution >= 4 is 22.4 Å². The molecule has 5 heteroatoms. The van der Waals surface area contributed by atoms with Crippen LogP contribution < -0.4 is 20.1 Å². The second-order valence-corrected chi connectivity index (χ2v) is 6.33. The first-order valence-corrected chi connectivity index (χ1v) is 8.60. The molecule has 0 spiro atoms. The summed E-state index contributed by atoms with van der Waals surface area (Å²) < 4.78 is 10.7. The fourth-order valence-electron chi connectivity index (χ4n) is 2.99. The monoisotopic (exact) mass is 348 g/mol. The average molecular weight is 348 g/mol. The summed E-state index contributed by atoms with van der Waals surface area (Å²) >= 11 is 0. The maximum absolute atomic E-state index is 12.4. The van der Waals surface area contributed by atoms with Crippen LogP contribution in [0.3, 0.4) is 0 Å². The van der Waals surface area contributed by atoms with E-state index in [9.17, 15) is 4.79 Å². The first-order valence-electron chi connectivity index (χ1n) is 8.60. The number of anilines is 1. The summed E-state index contributed by atoms with van der Waals surface area (Å²) in [6, 6.07) is 19.6. The molecule has 4 rings (SSSR count). The smallest absolute Gasteiger partial charge is 0.242 e. The van der Waals surface area contributed by atoms with Gasteiger partial charge in [-0.15, -0.1) is 0 Å². The molecule has 0 saturated carbocycles. The van der Waals surface area contributed by atoms with Crippen LogP contribution in [-0.4, -0.2) is 18.7 Å². The molecule has 2 N–H and O–H groups in total. The average Bonchev–Trinajstić information content (AvgIpc) is 3.13. The lowest BCUT2D eigenvalue weighted by molar-refractivity contribution is -0.121. The number of amides is 1. The molecule has 1 heterocycles. The number of rotatable bonds is 5. The summed E-state index contributed by atoms with van der Waals surface area (Å²) in [4.78, 5) is 12.4. The highest BCUT2D eigenvalue weighted by atomic mass is 16.7. The van der Waals surface area contributed by atoms with E-state index in [0.29, 0.717) is 6.54 Å². The van der Waals surface area contributed by atoms with E-state index in [1.54, 1.807) is 0 Å². The minimum absolute atomic E-state index is 0.0594. The molecule has 26 heavy (non-hydrogen) atoms. The molecule has 1 amide bonds. The summed E-state index contributed by atoms with van der Waals surface area (Å²) in [6.07, 6.45) is 0. The SMILES string of the molecule is C[C@@H](Nc1ccc2ccccc2c1)C(=O)NCc1ccc2c(c1)OCO2. The summed E-state index contributed by atoms with van der Waals surface area (Å²) in [6.45, 7) is 2.54. The molecular weight excluding hydrogens is 328 g/mol. The van der Waals surface area contributed by atoms with Crippen LogP contribution in [0.1, 0.15) is 12.5 Å². The highest BCUT2D eigenvalue weighted by Crippen LogP contribution is 2.32. The van der Waals surface area contributed by atoms with Gasteiger partial charge >= 0.3 is 0 Å². The van der Waals surface area contributed by atoms with Crippen molar-refractivity contribution in [2.45, 2.75) is 19.5 Å². The summed E-state index contributed by atoms with van der Waals surface area (Å²) in [5.41, 5.74) is 1.90. The van der Waals surface area contributed by atoms with Gasteiger partial charge in [-0.1, -0.05) is 36.4 Å². The fraction of sp³-hybridized carbons (Fsp3) is 0.190. The minimum Gasteiger partial charge on any atom is -0.454 e. The van der Waals surface area contributed by atoms with E-state index in [0.717, 1.165) is 28.1 Å². The minimum atomic E-state index is -0.342. The summed E-state index contributed by atoms with van der Waals surface area (Å²) in [7, 11) is 0. The zero-order valence-corrected chi connectivity index (χ0v) is 14.5. The predicted octanol–water partition coefficient (Wildman–Crippen LogP) is 3.69. The standard InChI is InChI=1S/C21H20N2O3/c1-14(23-18-8-7-16-4-2-3-5-17(16)11-18)21(24)22-12-15-6-9-19-20(10-15)26-13-25-19/h2-11,14,23H,12-13H2,1H3,(H,22,24)/t14-/m1/s1. The molecule has 0 aromatic heterocycles. The maximum Gasteiger partial charge on any atom is 0.242 e. The molecule has 3 aromatic carbocycles. The lowest BCUT2D eigenvalue weighted by Crippen LogP contribution is -2.37. The van der Waals surface area contributed by atoms with Crippen molar-refractivity contribution in [2.24, 2.45) is 0 Å². The van der Waals surface area contributed by atoms with E-state index in [2.05, 4.69) is 34.9 Å². The quantitative estimate of drug-likeness (QED) is 0.738. The molecule has 0 radical (unpaired) electrons. The van der Waals surface area contributed by atoms with E-state index in [1.165, 1.54) is 5.39 Å². The van der Waals surface area contributed by atoms with Gasteiger partial charge in [-0.05, 0) is 47.5 Å². The van der Waals surface area contributed by atoms with Gasteiger partial charge in [0.25, 0.3) is 0 Å². The van der Waals surface area contributed by atoms with Crippen LogP contribution in [0.5, 0.6) is 11.5 Å². The van der Waals surface area contributed by atoms with Gasteiger partial charge in [-0.25, -0.2) is 0 Å². The number of hydrogen-bond acceptors (Lipinski definition) is 4. The van der Waals surface area contributed by atoms with Crippen molar-refractivity contribution in [1.82, 2.24) is 5.32 Å². The Morgan fingerprint density at radius 3 is 2.69 bits per heavy atom. The molecule has 3 aromatic rings. The Bertz CT molecular complexity index is 955. The van der Waals surface area contributed by atoms with Crippen molar-refractivity contribution < 1.29 is 14.3 Å². The largest absolute Gasteiger partial charge is 0.454 e. The molecule has 132 valence electrons. The molecule has 1 aliphatic rings. The van der Waals surface area contributed by atoms with Crippen LogP contribution in [0.2, 0.25) is 0 Å². The van der Waals surface area contributed by atoms with Crippen LogP contribution >= 0.6 is 0 Å². The van der Waals surface area contributed by atoms with Gasteiger partial charge in [-0.2, -0.15) is 0 Å². The third kappa shape index (κ3) is 3.42. The van der Waals surface area contributed by atoms with Crippen LogP contribution in [-0.2, 0) is 11.3 Å². The topological polar surface area (TPSA) is 59.6 Å². The molecule has 1 aliphatic heterocycles. The van der Waals surface area contributed by atoms with Crippen LogP contribution in [0, 0.1) is 0 Å². The number of benzene rings is 3. The summed E-state index contributed by atoms with van der Waals surface area (Å²) in [5.74, 6) is 1.40. The molecular formula is C21H20N2O3. The Morgan fingerprint density at radius 1 is 1.00 bits per heavy atom. The lowest BCUT2D eigenvalue weighted by atomic mass is 10.1. The van der Waals surface area contributed by atoms with Crippen molar-refractivity contribution in [1.29, 1.82) is 0 Å². The van der Waals surface area contributed by atoms with Crippen LogP contribution in [0.15, 0.2) is 60.7 Å². The Morgan fingerprint density at radius 2 is 1.81 bits per heavy atom. The Hall–Kier alpha value is -3.21. The second-order valence-electron chi connectivity index (χ2n) is 6.33. The second kappa shape index (κ2) is 6.96. The van der Waals surface area contributed by atoms with Crippen molar-refractivity contribution in [3.8, 4) is 11.5 Å². The summed E-state index contributed by atoms with van der Waals surface area (Å²) in [5, 5.41) is 8.53. The fourth-order valence-corrected chi connectivity index (χ4v) is 2.99. The Kier molecular flexibility index (Phi) is 4.35. The van der Waals surface area contributed by atoms with Gasteiger partial charge < -0.3 is 20.1 Å². The molecule has 0 saturated heterocycles. The Labute approximate surface area is 151 Å². The molecule has 0 unspecified atom stereocenters. The van der Waals surface area contributed by atoms with Gasteiger partial charge in [0.2, 0.25) is 12.7 Å².